The van der Waals surface area contributed by atoms with Crippen LogP contribution in [-0.2, 0) is 6.54 Å². The Kier molecular flexibility index (Phi) is 5.53. The van der Waals surface area contributed by atoms with Gasteiger partial charge in [0.05, 0.1) is 23.1 Å². The van der Waals surface area contributed by atoms with E-state index in [1.165, 1.54) is 6.39 Å². The molecule has 2 aromatic carbocycles. The summed E-state index contributed by atoms with van der Waals surface area (Å²) >= 11 is 0. The van der Waals surface area contributed by atoms with Crippen LogP contribution in [0.1, 0.15) is 32.2 Å². The van der Waals surface area contributed by atoms with Crippen molar-refractivity contribution < 1.29 is 14.0 Å². The number of imidazole rings is 1. The highest BCUT2D eigenvalue weighted by Gasteiger charge is 2.17. The average Bonchev–Trinajstić information content (AvgIpc) is 3.39. The molecule has 2 amide bonds. The highest BCUT2D eigenvalue weighted by Crippen LogP contribution is 2.20. The summed E-state index contributed by atoms with van der Waals surface area (Å²) in [6.07, 6.45) is 3.02. The number of rotatable bonds is 6. The van der Waals surface area contributed by atoms with Gasteiger partial charge in [0.2, 0.25) is 5.76 Å². The van der Waals surface area contributed by atoms with Gasteiger partial charge in [-0.1, -0.05) is 18.2 Å². The molecule has 0 spiro atoms. The highest BCUT2D eigenvalue weighted by molar-refractivity contribution is 6.04. The molecule has 4 aromatic rings. The zero-order valence-electron chi connectivity index (χ0n) is 17.6. The van der Waals surface area contributed by atoms with Crippen molar-refractivity contribution in [1.29, 1.82) is 0 Å². The lowest BCUT2D eigenvalue weighted by Gasteiger charge is -2.19. The maximum Gasteiger partial charge on any atom is 0.293 e. The lowest BCUT2D eigenvalue weighted by molar-refractivity contribution is 0.0790. The smallest absolute Gasteiger partial charge is 0.293 e. The number of likely N-dealkylation sites (N-methyl/N-ethyl adjacent to an activating group) is 1. The van der Waals surface area contributed by atoms with E-state index in [0.717, 1.165) is 16.6 Å². The van der Waals surface area contributed by atoms with Gasteiger partial charge in [0.15, 0.2) is 6.39 Å². The number of fused-ring (bicyclic) bond motifs is 1. The molecule has 0 radical (unpaired) electrons. The summed E-state index contributed by atoms with van der Waals surface area (Å²) in [5.74, 6) is -0.375. The number of amides is 2. The average molecular weight is 417 g/mol. The molecule has 8 heteroatoms. The first-order valence-corrected chi connectivity index (χ1v) is 9.91. The minimum Gasteiger partial charge on any atom is -0.438 e. The van der Waals surface area contributed by atoms with E-state index in [1.807, 2.05) is 41.8 Å². The zero-order valence-corrected chi connectivity index (χ0v) is 17.6. The molecule has 0 fully saturated rings. The van der Waals surface area contributed by atoms with E-state index in [4.69, 9.17) is 4.42 Å². The highest BCUT2D eigenvalue weighted by atomic mass is 16.3. The normalized spacial score (nSPS) is 10.9. The van der Waals surface area contributed by atoms with Gasteiger partial charge < -0.3 is 19.2 Å². The third-order valence-electron chi connectivity index (χ3n) is 5.23. The Morgan fingerprint density at radius 3 is 2.71 bits per heavy atom. The SMILES string of the molecule is Cc1ccc(C(=O)N(C)CCn2cnc3ccccc32)cc1NC(=O)c1ocnc1C. The van der Waals surface area contributed by atoms with E-state index in [2.05, 4.69) is 15.3 Å². The van der Waals surface area contributed by atoms with Crippen molar-refractivity contribution in [3.8, 4) is 0 Å². The number of carbonyl (C=O) groups is 2. The Balaban J connectivity index is 1.46. The number of nitrogens with one attached hydrogen (secondary N) is 1. The van der Waals surface area contributed by atoms with E-state index < -0.39 is 5.91 Å². The van der Waals surface area contributed by atoms with Crippen LogP contribution in [0.2, 0.25) is 0 Å². The van der Waals surface area contributed by atoms with Gasteiger partial charge in [-0.15, -0.1) is 0 Å². The summed E-state index contributed by atoms with van der Waals surface area (Å²) in [6.45, 7) is 4.71. The maximum atomic E-state index is 13.0. The molecule has 0 aliphatic heterocycles. The summed E-state index contributed by atoms with van der Waals surface area (Å²) in [5, 5.41) is 2.81. The van der Waals surface area contributed by atoms with Crippen LogP contribution in [0.25, 0.3) is 11.0 Å². The second-order valence-electron chi connectivity index (χ2n) is 7.40. The number of hydrogen-bond donors (Lipinski definition) is 1. The van der Waals surface area contributed by atoms with Gasteiger partial charge in [-0.2, -0.15) is 0 Å². The van der Waals surface area contributed by atoms with Gasteiger partial charge in [0.1, 0.15) is 0 Å². The number of hydrogen-bond acceptors (Lipinski definition) is 5. The Labute approximate surface area is 179 Å². The van der Waals surface area contributed by atoms with E-state index in [-0.39, 0.29) is 11.7 Å². The molecule has 31 heavy (non-hydrogen) atoms. The molecule has 0 atom stereocenters. The summed E-state index contributed by atoms with van der Waals surface area (Å²) in [5.41, 5.74) is 4.36. The van der Waals surface area contributed by atoms with Crippen LogP contribution in [0.5, 0.6) is 0 Å². The second kappa shape index (κ2) is 8.43. The Morgan fingerprint density at radius 1 is 1.13 bits per heavy atom. The van der Waals surface area contributed by atoms with Gasteiger partial charge in [0.25, 0.3) is 11.8 Å². The first-order chi connectivity index (χ1) is 14.9. The fourth-order valence-corrected chi connectivity index (χ4v) is 3.36. The van der Waals surface area contributed by atoms with Crippen LogP contribution in [0.3, 0.4) is 0 Å². The monoisotopic (exact) mass is 417 g/mol. The summed E-state index contributed by atoms with van der Waals surface area (Å²) < 4.78 is 7.17. The van der Waals surface area contributed by atoms with Crippen molar-refractivity contribution in [2.75, 3.05) is 18.9 Å². The van der Waals surface area contributed by atoms with Crippen LogP contribution in [0.15, 0.2) is 59.6 Å². The Bertz CT molecular complexity index is 1260. The molecule has 0 saturated carbocycles. The quantitative estimate of drug-likeness (QED) is 0.517. The van der Waals surface area contributed by atoms with Crippen LogP contribution in [0.4, 0.5) is 5.69 Å². The molecule has 0 saturated heterocycles. The molecule has 158 valence electrons. The fraction of sp³-hybridized carbons (Fsp3) is 0.217. The molecule has 0 aliphatic carbocycles. The van der Waals surface area contributed by atoms with E-state index in [1.54, 1.807) is 37.3 Å². The van der Waals surface area contributed by atoms with Crippen LogP contribution in [-0.4, -0.2) is 44.8 Å². The third-order valence-corrected chi connectivity index (χ3v) is 5.23. The van der Waals surface area contributed by atoms with Gasteiger partial charge in [-0.3, -0.25) is 9.59 Å². The van der Waals surface area contributed by atoms with Gasteiger partial charge >= 0.3 is 0 Å². The minimum absolute atomic E-state index is 0.129. The predicted octanol–water partition coefficient (Wildman–Crippen LogP) is 3.67. The van der Waals surface area contributed by atoms with E-state index in [0.29, 0.717) is 30.0 Å². The standard InChI is InChI=1S/C23H23N5O3/c1-15-8-9-17(12-19(15)26-22(29)21-16(2)25-14-31-21)23(30)27(3)10-11-28-13-24-18-6-4-5-7-20(18)28/h4-9,12-14H,10-11H2,1-3H3,(H,26,29). The van der Waals surface area contributed by atoms with Crippen molar-refractivity contribution in [3.05, 3.63) is 77.8 Å². The fourth-order valence-electron chi connectivity index (χ4n) is 3.36. The number of anilines is 1. The summed E-state index contributed by atoms with van der Waals surface area (Å²) in [6, 6.07) is 13.1. The van der Waals surface area contributed by atoms with Gasteiger partial charge in [0, 0.05) is 31.4 Å². The molecular formula is C23H23N5O3. The van der Waals surface area contributed by atoms with Crippen molar-refractivity contribution in [3.63, 3.8) is 0 Å². The molecule has 2 heterocycles. The Hall–Kier alpha value is -3.94. The largest absolute Gasteiger partial charge is 0.438 e. The number of aryl methyl sites for hydroxylation is 2. The number of nitrogens with zero attached hydrogens (tertiary/aromatic N) is 4. The molecule has 4 rings (SSSR count). The minimum atomic E-state index is -0.400. The van der Waals surface area contributed by atoms with Crippen molar-refractivity contribution in [2.24, 2.45) is 0 Å². The Morgan fingerprint density at radius 2 is 1.94 bits per heavy atom. The molecule has 2 aromatic heterocycles. The molecule has 0 unspecified atom stereocenters. The number of para-hydroxylation sites is 2. The van der Waals surface area contributed by atoms with Crippen molar-refractivity contribution in [1.82, 2.24) is 19.4 Å². The number of aromatic nitrogens is 3. The van der Waals surface area contributed by atoms with Crippen molar-refractivity contribution >= 4 is 28.5 Å². The van der Waals surface area contributed by atoms with E-state index >= 15 is 0 Å². The molecule has 8 nitrogen and oxygen atoms in total. The van der Waals surface area contributed by atoms with Crippen LogP contribution in [0, 0.1) is 13.8 Å². The molecule has 0 aliphatic rings. The summed E-state index contributed by atoms with van der Waals surface area (Å²) in [4.78, 5) is 35.4. The first kappa shape index (κ1) is 20.3. The first-order valence-electron chi connectivity index (χ1n) is 9.91. The lowest BCUT2D eigenvalue weighted by atomic mass is 10.1. The molecular weight excluding hydrogens is 394 g/mol. The molecule has 1 N–H and O–H groups in total. The zero-order chi connectivity index (χ0) is 22.0. The third kappa shape index (κ3) is 4.18. The number of carbonyl (C=O) groups excluding carboxylic acids is 2. The molecule has 0 bridgehead atoms. The van der Waals surface area contributed by atoms with Crippen LogP contribution >= 0.6 is 0 Å². The number of benzene rings is 2. The van der Waals surface area contributed by atoms with Crippen molar-refractivity contribution in [2.45, 2.75) is 20.4 Å². The summed E-state index contributed by atoms with van der Waals surface area (Å²) in [7, 11) is 1.76. The maximum absolute atomic E-state index is 13.0. The van der Waals surface area contributed by atoms with E-state index in [9.17, 15) is 9.59 Å². The topological polar surface area (TPSA) is 93.3 Å². The van der Waals surface area contributed by atoms with Gasteiger partial charge in [-0.05, 0) is 43.7 Å². The lowest BCUT2D eigenvalue weighted by Crippen LogP contribution is -2.30. The van der Waals surface area contributed by atoms with Gasteiger partial charge in [-0.25, -0.2) is 9.97 Å². The predicted molar refractivity (Wildman–Crippen MR) is 117 cm³/mol. The second-order valence-corrected chi connectivity index (χ2v) is 7.40. The number of oxazole rings is 1. The van der Waals surface area contributed by atoms with Crippen LogP contribution < -0.4 is 5.32 Å².